The zero-order valence-corrected chi connectivity index (χ0v) is 13.4. The lowest BCUT2D eigenvalue weighted by Crippen LogP contribution is -2.50. The van der Waals surface area contributed by atoms with Crippen molar-refractivity contribution in [2.75, 3.05) is 26.2 Å². The van der Waals surface area contributed by atoms with Crippen molar-refractivity contribution in [3.05, 3.63) is 33.1 Å². The van der Waals surface area contributed by atoms with Crippen LogP contribution in [-0.4, -0.2) is 47.9 Å². The van der Waals surface area contributed by atoms with Crippen LogP contribution in [-0.2, 0) is 0 Å². The van der Waals surface area contributed by atoms with Gasteiger partial charge in [0.15, 0.2) is 0 Å². The SMILES string of the molecule is CC(C)N1CCN(C(=O)c2ccc(F)cc2I)CC1. The van der Waals surface area contributed by atoms with Crippen LogP contribution in [0.4, 0.5) is 4.39 Å². The van der Waals surface area contributed by atoms with Crippen molar-refractivity contribution >= 4 is 28.5 Å². The summed E-state index contributed by atoms with van der Waals surface area (Å²) < 4.78 is 13.7. The number of hydrogen-bond donors (Lipinski definition) is 0. The number of rotatable bonds is 2. The van der Waals surface area contributed by atoms with Crippen LogP contribution in [0.5, 0.6) is 0 Å². The van der Waals surface area contributed by atoms with Crippen molar-refractivity contribution in [1.82, 2.24) is 9.80 Å². The van der Waals surface area contributed by atoms with Crippen LogP contribution < -0.4 is 0 Å². The summed E-state index contributed by atoms with van der Waals surface area (Å²) in [6.07, 6.45) is 0. The summed E-state index contributed by atoms with van der Waals surface area (Å²) in [4.78, 5) is 16.6. The van der Waals surface area contributed by atoms with E-state index in [-0.39, 0.29) is 11.7 Å². The van der Waals surface area contributed by atoms with Crippen LogP contribution in [0.15, 0.2) is 18.2 Å². The zero-order chi connectivity index (χ0) is 14.0. The molecule has 0 unspecified atom stereocenters. The molecule has 0 atom stereocenters. The molecule has 0 aromatic heterocycles. The normalized spacial score (nSPS) is 17.0. The number of carbonyl (C=O) groups excluding carboxylic acids is 1. The first-order valence-electron chi connectivity index (χ1n) is 6.47. The van der Waals surface area contributed by atoms with E-state index in [4.69, 9.17) is 0 Å². The second kappa shape index (κ2) is 6.17. The number of nitrogens with zero attached hydrogens (tertiary/aromatic N) is 2. The van der Waals surface area contributed by atoms with Crippen molar-refractivity contribution < 1.29 is 9.18 Å². The van der Waals surface area contributed by atoms with Crippen LogP contribution in [0.1, 0.15) is 24.2 Å². The Balaban J connectivity index is 2.05. The van der Waals surface area contributed by atoms with E-state index in [9.17, 15) is 9.18 Å². The highest BCUT2D eigenvalue weighted by Crippen LogP contribution is 2.17. The van der Waals surface area contributed by atoms with Gasteiger partial charge in [-0.05, 0) is 54.6 Å². The van der Waals surface area contributed by atoms with Gasteiger partial charge >= 0.3 is 0 Å². The van der Waals surface area contributed by atoms with E-state index in [1.807, 2.05) is 27.5 Å². The maximum absolute atomic E-state index is 13.1. The lowest BCUT2D eigenvalue weighted by molar-refractivity contribution is 0.0594. The second-order valence-corrected chi connectivity index (χ2v) is 6.21. The minimum atomic E-state index is -0.300. The number of amides is 1. The molecule has 1 aromatic carbocycles. The fourth-order valence-corrected chi connectivity index (χ4v) is 2.98. The zero-order valence-electron chi connectivity index (χ0n) is 11.2. The molecule has 0 N–H and O–H groups in total. The van der Waals surface area contributed by atoms with Gasteiger partial charge in [0.2, 0.25) is 0 Å². The number of piperazine rings is 1. The van der Waals surface area contributed by atoms with E-state index in [0.29, 0.717) is 15.2 Å². The third-order valence-corrected chi connectivity index (χ3v) is 4.39. The summed E-state index contributed by atoms with van der Waals surface area (Å²) in [7, 11) is 0. The van der Waals surface area contributed by atoms with Gasteiger partial charge in [-0.1, -0.05) is 0 Å². The van der Waals surface area contributed by atoms with Gasteiger partial charge in [0, 0.05) is 35.8 Å². The van der Waals surface area contributed by atoms with E-state index >= 15 is 0 Å². The van der Waals surface area contributed by atoms with Gasteiger partial charge in [-0.2, -0.15) is 0 Å². The molecule has 1 aliphatic rings. The lowest BCUT2D eigenvalue weighted by atomic mass is 10.1. The molecule has 1 amide bonds. The number of halogens is 2. The number of benzene rings is 1. The van der Waals surface area contributed by atoms with Crippen molar-refractivity contribution in [3.8, 4) is 0 Å². The van der Waals surface area contributed by atoms with Gasteiger partial charge in [0.05, 0.1) is 5.56 Å². The van der Waals surface area contributed by atoms with Gasteiger partial charge in [-0.3, -0.25) is 9.69 Å². The maximum atomic E-state index is 13.1. The lowest BCUT2D eigenvalue weighted by Gasteiger charge is -2.37. The van der Waals surface area contributed by atoms with E-state index in [0.717, 1.165) is 26.2 Å². The van der Waals surface area contributed by atoms with E-state index in [1.54, 1.807) is 6.07 Å². The molecule has 0 aliphatic carbocycles. The average Bonchev–Trinajstić information content (AvgIpc) is 2.38. The molecule has 0 saturated carbocycles. The molecule has 1 saturated heterocycles. The molecule has 1 aromatic rings. The van der Waals surface area contributed by atoms with Crippen molar-refractivity contribution in [2.24, 2.45) is 0 Å². The highest BCUT2D eigenvalue weighted by Gasteiger charge is 2.24. The molecule has 104 valence electrons. The highest BCUT2D eigenvalue weighted by atomic mass is 127. The average molecular weight is 376 g/mol. The summed E-state index contributed by atoms with van der Waals surface area (Å²) >= 11 is 2.01. The monoisotopic (exact) mass is 376 g/mol. The van der Waals surface area contributed by atoms with E-state index in [1.165, 1.54) is 12.1 Å². The van der Waals surface area contributed by atoms with Crippen molar-refractivity contribution in [2.45, 2.75) is 19.9 Å². The van der Waals surface area contributed by atoms with E-state index in [2.05, 4.69) is 18.7 Å². The fraction of sp³-hybridized carbons (Fsp3) is 0.500. The first-order chi connectivity index (χ1) is 8.99. The minimum Gasteiger partial charge on any atom is -0.336 e. The van der Waals surface area contributed by atoms with Crippen molar-refractivity contribution in [3.63, 3.8) is 0 Å². The Bertz CT molecular complexity index is 471. The summed E-state index contributed by atoms with van der Waals surface area (Å²) in [6, 6.07) is 4.84. The molecule has 1 aliphatic heterocycles. The predicted molar refractivity (Wildman–Crippen MR) is 81.7 cm³/mol. The molecule has 19 heavy (non-hydrogen) atoms. The highest BCUT2D eigenvalue weighted by molar-refractivity contribution is 14.1. The summed E-state index contributed by atoms with van der Waals surface area (Å²) in [6.45, 7) is 7.62. The Morgan fingerprint density at radius 3 is 2.42 bits per heavy atom. The summed E-state index contributed by atoms with van der Waals surface area (Å²) in [5, 5.41) is 0. The summed E-state index contributed by atoms with van der Waals surface area (Å²) in [5.74, 6) is -0.293. The largest absolute Gasteiger partial charge is 0.336 e. The van der Waals surface area contributed by atoms with E-state index < -0.39 is 0 Å². The predicted octanol–water partition coefficient (Wildman–Crippen LogP) is 2.60. The molecular weight excluding hydrogens is 358 g/mol. The van der Waals surface area contributed by atoms with Gasteiger partial charge in [-0.15, -0.1) is 0 Å². The van der Waals surface area contributed by atoms with Crippen LogP contribution in [0.3, 0.4) is 0 Å². The third kappa shape index (κ3) is 3.45. The second-order valence-electron chi connectivity index (χ2n) is 5.05. The first kappa shape index (κ1) is 14.7. The van der Waals surface area contributed by atoms with Gasteiger partial charge in [0.1, 0.15) is 5.82 Å². The van der Waals surface area contributed by atoms with Crippen LogP contribution in [0.25, 0.3) is 0 Å². The molecule has 0 spiro atoms. The molecule has 0 radical (unpaired) electrons. The van der Waals surface area contributed by atoms with Gasteiger partial charge < -0.3 is 4.90 Å². The Morgan fingerprint density at radius 1 is 1.26 bits per heavy atom. The van der Waals surface area contributed by atoms with Gasteiger partial charge in [-0.25, -0.2) is 4.39 Å². The molecule has 2 rings (SSSR count). The standard InChI is InChI=1S/C14H18FIN2O/c1-10(2)17-5-7-18(8-6-17)14(19)12-4-3-11(15)9-13(12)16/h3-4,9-10H,5-8H2,1-2H3. The smallest absolute Gasteiger partial charge is 0.255 e. The number of carbonyl (C=O) groups is 1. The minimum absolute atomic E-state index is 0.00723. The maximum Gasteiger partial charge on any atom is 0.255 e. The first-order valence-corrected chi connectivity index (χ1v) is 7.55. The Morgan fingerprint density at radius 2 is 1.89 bits per heavy atom. The van der Waals surface area contributed by atoms with Crippen LogP contribution in [0, 0.1) is 9.39 Å². The molecule has 1 heterocycles. The summed E-state index contributed by atoms with van der Waals surface area (Å²) in [5.41, 5.74) is 0.597. The fourth-order valence-electron chi connectivity index (χ4n) is 2.27. The molecule has 5 heteroatoms. The van der Waals surface area contributed by atoms with Crippen LogP contribution in [0.2, 0.25) is 0 Å². The Labute approximate surface area is 126 Å². The molecule has 1 fully saturated rings. The Kier molecular flexibility index (Phi) is 4.78. The van der Waals surface area contributed by atoms with Crippen LogP contribution >= 0.6 is 22.6 Å². The quantitative estimate of drug-likeness (QED) is 0.741. The Hall–Kier alpha value is -0.690. The number of hydrogen-bond acceptors (Lipinski definition) is 2. The van der Waals surface area contributed by atoms with Gasteiger partial charge in [0.25, 0.3) is 5.91 Å². The van der Waals surface area contributed by atoms with Crippen molar-refractivity contribution in [1.29, 1.82) is 0 Å². The molecular formula is C14H18FIN2O. The molecule has 0 bridgehead atoms. The topological polar surface area (TPSA) is 23.6 Å². The molecule has 3 nitrogen and oxygen atoms in total. The third-order valence-electron chi connectivity index (χ3n) is 3.49.